The summed E-state index contributed by atoms with van der Waals surface area (Å²) in [7, 11) is 0. The fraction of sp³-hybridized carbons (Fsp3) is 0.500. The van der Waals surface area contributed by atoms with Crippen LogP contribution >= 0.6 is 0 Å². The van der Waals surface area contributed by atoms with Gasteiger partial charge >= 0.3 is 0 Å². The first-order valence-electron chi connectivity index (χ1n) is 6.49. The molecule has 4 heteroatoms. The van der Waals surface area contributed by atoms with Crippen molar-refractivity contribution in [3.05, 3.63) is 30.3 Å². The van der Waals surface area contributed by atoms with Gasteiger partial charge in [-0.2, -0.15) is 0 Å². The number of hydrogen-bond donors (Lipinski definition) is 2. The fourth-order valence-corrected chi connectivity index (χ4v) is 1.85. The molecule has 0 radical (unpaired) electrons. The summed E-state index contributed by atoms with van der Waals surface area (Å²) in [5.74, 6) is 0.0278. The predicted octanol–water partition coefficient (Wildman–Crippen LogP) is 1.68. The molecule has 0 aliphatic heterocycles. The lowest BCUT2D eigenvalue weighted by Crippen LogP contribution is -2.42. The average molecular weight is 249 g/mol. The molecule has 1 amide bonds. The number of carbonyl (C=O) groups excluding carboxylic acids is 1. The maximum atomic E-state index is 12.1. The maximum Gasteiger partial charge on any atom is 0.241 e. The normalized spacial score (nSPS) is 12.4. The van der Waals surface area contributed by atoms with E-state index < -0.39 is 0 Å². The van der Waals surface area contributed by atoms with Gasteiger partial charge in [-0.1, -0.05) is 25.1 Å². The first-order valence-corrected chi connectivity index (χ1v) is 6.49. The number of nitrogens with one attached hydrogen (secondary N) is 1. The Balaban J connectivity index is 2.54. The maximum absolute atomic E-state index is 12.1. The number of hydrogen-bond acceptors (Lipinski definition) is 3. The van der Waals surface area contributed by atoms with E-state index in [0.29, 0.717) is 6.54 Å². The summed E-state index contributed by atoms with van der Waals surface area (Å²) in [5, 5.41) is 2.92. The monoisotopic (exact) mass is 249 g/mol. The number of amides is 1. The van der Waals surface area contributed by atoms with E-state index in [-0.39, 0.29) is 11.9 Å². The topological polar surface area (TPSA) is 58.4 Å². The summed E-state index contributed by atoms with van der Waals surface area (Å²) in [6.07, 6.45) is 0.913. The molecule has 0 saturated heterocycles. The summed E-state index contributed by atoms with van der Waals surface area (Å²) in [5.41, 5.74) is 6.34. The van der Waals surface area contributed by atoms with Crippen molar-refractivity contribution in [2.24, 2.45) is 5.73 Å². The summed E-state index contributed by atoms with van der Waals surface area (Å²) in [6.45, 7) is 6.35. The van der Waals surface area contributed by atoms with Crippen molar-refractivity contribution < 1.29 is 4.79 Å². The Hall–Kier alpha value is -1.39. The highest BCUT2D eigenvalue weighted by atomic mass is 16.2. The van der Waals surface area contributed by atoms with E-state index in [4.69, 9.17) is 5.73 Å². The highest BCUT2D eigenvalue weighted by Gasteiger charge is 2.19. The van der Waals surface area contributed by atoms with Crippen molar-refractivity contribution in [1.82, 2.24) is 4.90 Å². The molecular formula is C14H23N3O. The molecular weight excluding hydrogens is 226 g/mol. The number of rotatable bonds is 7. The van der Waals surface area contributed by atoms with Gasteiger partial charge in [0.05, 0.1) is 6.04 Å². The van der Waals surface area contributed by atoms with Gasteiger partial charge in [0.25, 0.3) is 0 Å². The molecule has 0 heterocycles. The SMILES string of the molecule is CCN(CCCN)C(C)C(=O)Nc1ccccc1. The molecule has 0 aliphatic carbocycles. The summed E-state index contributed by atoms with van der Waals surface area (Å²) in [4.78, 5) is 14.2. The molecule has 4 nitrogen and oxygen atoms in total. The van der Waals surface area contributed by atoms with Crippen LogP contribution < -0.4 is 11.1 Å². The van der Waals surface area contributed by atoms with Gasteiger partial charge in [-0.05, 0) is 38.6 Å². The van der Waals surface area contributed by atoms with Crippen LogP contribution in [-0.2, 0) is 4.79 Å². The van der Waals surface area contributed by atoms with Crippen LogP contribution in [0.3, 0.4) is 0 Å². The molecule has 0 saturated carbocycles. The number of nitrogens with two attached hydrogens (primary N) is 1. The zero-order chi connectivity index (χ0) is 13.4. The fourth-order valence-electron chi connectivity index (χ4n) is 1.85. The molecule has 0 bridgehead atoms. The molecule has 1 atom stereocenters. The van der Waals surface area contributed by atoms with E-state index in [9.17, 15) is 4.79 Å². The third kappa shape index (κ3) is 4.47. The van der Waals surface area contributed by atoms with Gasteiger partial charge in [0.1, 0.15) is 0 Å². The average Bonchev–Trinajstić information content (AvgIpc) is 2.40. The van der Waals surface area contributed by atoms with Gasteiger partial charge in [-0.15, -0.1) is 0 Å². The van der Waals surface area contributed by atoms with Gasteiger partial charge in [-0.3, -0.25) is 9.69 Å². The van der Waals surface area contributed by atoms with Crippen molar-refractivity contribution in [3.63, 3.8) is 0 Å². The molecule has 3 N–H and O–H groups in total. The van der Waals surface area contributed by atoms with Gasteiger partial charge in [0, 0.05) is 12.2 Å². The second kappa shape index (κ2) is 7.84. The zero-order valence-electron chi connectivity index (χ0n) is 11.2. The second-order valence-electron chi connectivity index (χ2n) is 4.30. The van der Waals surface area contributed by atoms with Crippen molar-refractivity contribution in [2.75, 3.05) is 25.0 Å². The Bertz CT molecular complexity index is 353. The predicted molar refractivity (Wildman–Crippen MR) is 75.5 cm³/mol. The minimum absolute atomic E-state index is 0.0278. The third-order valence-electron chi connectivity index (χ3n) is 3.02. The van der Waals surface area contributed by atoms with Gasteiger partial charge < -0.3 is 11.1 Å². The number of carbonyl (C=O) groups is 1. The van der Waals surface area contributed by atoms with E-state index in [2.05, 4.69) is 17.1 Å². The van der Waals surface area contributed by atoms with Crippen molar-refractivity contribution in [3.8, 4) is 0 Å². The van der Waals surface area contributed by atoms with E-state index in [1.165, 1.54) is 0 Å². The minimum atomic E-state index is -0.137. The van der Waals surface area contributed by atoms with Crippen LogP contribution in [0.25, 0.3) is 0 Å². The van der Waals surface area contributed by atoms with E-state index in [0.717, 1.165) is 25.2 Å². The van der Waals surface area contributed by atoms with Crippen LogP contribution in [0.5, 0.6) is 0 Å². The number of anilines is 1. The molecule has 1 unspecified atom stereocenters. The lowest BCUT2D eigenvalue weighted by molar-refractivity contribution is -0.120. The number of nitrogens with zero attached hydrogens (tertiary/aromatic N) is 1. The van der Waals surface area contributed by atoms with Crippen LogP contribution in [0, 0.1) is 0 Å². The van der Waals surface area contributed by atoms with Crippen molar-refractivity contribution in [1.29, 1.82) is 0 Å². The largest absolute Gasteiger partial charge is 0.330 e. The van der Waals surface area contributed by atoms with Crippen LogP contribution in [0.1, 0.15) is 20.3 Å². The lowest BCUT2D eigenvalue weighted by atomic mass is 10.2. The molecule has 18 heavy (non-hydrogen) atoms. The highest BCUT2D eigenvalue weighted by Crippen LogP contribution is 2.08. The first kappa shape index (κ1) is 14.7. The van der Waals surface area contributed by atoms with Crippen molar-refractivity contribution in [2.45, 2.75) is 26.3 Å². The Labute approximate surface area is 109 Å². The molecule has 1 rings (SSSR count). The highest BCUT2D eigenvalue weighted by molar-refractivity contribution is 5.94. The van der Waals surface area contributed by atoms with Gasteiger partial charge in [-0.25, -0.2) is 0 Å². The zero-order valence-corrected chi connectivity index (χ0v) is 11.2. The molecule has 0 fully saturated rings. The Kier molecular flexibility index (Phi) is 6.39. The Morgan fingerprint density at radius 2 is 2.06 bits per heavy atom. The quantitative estimate of drug-likeness (QED) is 0.773. The van der Waals surface area contributed by atoms with E-state index >= 15 is 0 Å². The number of likely N-dealkylation sites (N-methyl/N-ethyl adjacent to an activating group) is 1. The third-order valence-corrected chi connectivity index (χ3v) is 3.02. The lowest BCUT2D eigenvalue weighted by Gasteiger charge is -2.26. The summed E-state index contributed by atoms with van der Waals surface area (Å²) < 4.78 is 0. The number of para-hydroxylation sites is 1. The molecule has 0 aliphatic rings. The number of benzene rings is 1. The van der Waals surface area contributed by atoms with Crippen LogP contribution in [0.15, 0.2) is 30.3 Å². The smallest absolute Gasteiger partial charge is 0.241 e. The van der Waals surface area contributed by atoms with Crippen LogP contribution in [0.4, 0.5) is 5.69 Å². The summed E-state index contributed by atoms with van der Waals surface area (Å²) >= 11 is 0. The van der Waals surface area contributed by atoms with Crippen LogP contribution in [-0.4, -0.2) is 36.5 Å². The minimum Gasteiger partial charge on any atom is -0.330 e. The van der Waals surface area contributed by atoms with E-state index in [1.807, 2.05) is 37.3 Å². The van der Waals surface area contributed by atoms with Gasteiger partial charge in [0.2, 0.25) is 5.91 Å². The standard InChI is InChI=1S/C14H23N3O/c1-3-17(11-7-10-15)12(2)14(18)16-13-8-5-4-6-9-13/h4-6,8-9,12H,3,7,10-11,15H2,1-2H3,(H,16,18). The van der Waals surface area contributed by atoms with E-state index in [1.54, 1.807) is 0 Å². The Morgan fingerprint density at radius 3 is 2.61 bits per heavy atom. The molecule has 1 aromatic rings. The Morgan fingerprint density at radius 1 is 1.39 bits per heavy atom. The molecule has 0 spiro atoms. The molecule has 100 valence electrons. The van der Waals surface area contributed by atoms with Crippen molar-refractivity contribution >= 4 is 11.6 Å². The first-order chi connectivity index (χ1) is 8.69. The van der Waals surface area contributed by atoms with Gasteiger partial charge in [0.15, 0.2) is 0 Å². The van der Waals surface area contributed by atoms with Crippen LogP contribution in [0.2, 0.25) is 0 Å². The molecule has 0 aromatic heterocycles. The second-order valence-corrected chi connectivity index (χ2v) is 4.30. The summed E-state index contributed by atoms with van der Waals surface area (Å²) in [6, 6.07) is 9.39. The molecule has 1 aromatic carbocycles.